The van der Waals surface area contributed by atoms with Gasteiger partial charge in [0, 0.05) is 22.5 Å². The highest BCUT2D eigenvalue weighted by Crippen LogP contribution is 2.29. The van der Waals surface area contributed by atoms with Crippen LogP contribution >= 0.6 is 0 Å². The summed E-state index contributed by atoms with van der Waals surface area (Å²) < 4.78 is 23.2. The number of ether oxygens (including phenoxy) is 3. The molecular formula is C23H25NO6. The third kappa shape index (κ3) is 4.25. The number of Topliss-reactive ketones (excluding diaryl/α,β-unsaturated/α-hetero) is 1. The lowest BCUT2D eigenvalue weighted by molar-refractivity contribution is 0.0474. The number of carbonyl (C=O) groups excluding carboxylic acids is 2. The zero-order chi connectivity index (χ0) is 21.8. The third-order valence-electron chi connectivity index (χ3n) is 5.09. The van der Waals surface area contributed by atoms with E-state index < -0.39 is 5.97 Å². The number of aryl methyl sites for hydroxylation is 1. The molecule has 0 saturated heterocycles. The summed E-state index contributed by atoms with van der Waals surface area (Å²) in [4.78, 5) is 25.2. The van der Waals surface area contributed by atoms with Crippen LogP contribution in [0.2, 0.25) is 0 Å². The van der Waals surface area contributed by atoms with E-state index in [0.717, 1.165) is 22.7 Å². The Bertz CT molecular complexity index is 1040. The van der Waals surface area contributed by atoms with E-state index in [9.17, 15) is 9.59 Å². The Kier molecular flexibility index (Phi) is 6.30. The monoisotopic (exact) mass is 411 g/mol. The minimum atomic E-state index is -0.621. The highest BCUT2D eigenvalue weighted by atomic mass is 16.5. The van der Waals surface area contributed by atoms with Gasteiger partial charge in [0.25, 0.3) is 0 Å². The van der Waals surface area contributed by atoms with E-state index in [2.05, 4.69) is 0 Å². The van der Waals surface area contributed by atoms with Crippen molar-refractivity contribution in [3.63, 3.8) is 0 Å². The molecule has 0 aliphatic rings. The van der Waals surface area contributed by atoms with Gasteiger partial charge in [-0.2, -0.15) is 0 Å². The van der Waals surface area contributed by atoms with Gasteiger partial charge in [0.1, 0.15) is 17.3 Å². The van der Waals surface area contributed by atoms with Gasteiger partial charge in [-0.05, 0) is 51.1 Å². The summed E-state index contributed by atoms with van der Waals surface area (Å²) in [5.74, 6) is 0.921. The standard InChI is InChI=1S/C23H25NO6/c1-14-9-19(16(3)24(14)12-18-7-6-8-29-18)20(25)13-30-23(26)17-10-21(27-4)15(2)22(11-17)28-5/h6-11H,12-13H2,1-5H3. The second-order valence-electron chi connectivity index (χ2n) is 6.96. The molecule has 0 fully saturated rings. The highest BCUT2D eigenvalue weighted by Gasteiger charge is 2.20. The molecule has 2 aromatic heterocycles. The van der Waals surface area contributed by atoms with Gasteiger partial charge in [-0.25, -0.2) is 4.79 Å². The molecule has 0 saturated carbocycles. The van der Waals surface area contributed by atoms with Crippen LogP contribution in [0.3, 0.4) is 0 Å². The zero-order valence-electron chi connectivity index (χ0n) is 17.8. The molecule has 0 radical (unpaired) electrons. The average Bonchev–Trinajstić information content (AvgIpc) is 3.35. The number of furan rings is 1. The van der Waals surface area contributed by atoms with Gasteiger partial charge in [0.2, 0.25) is 5.78 Å². The predicted molar refractivity (Wildman–Crippen MR) is 111 cm³/mol. The van der Waals surface area contributed by atoms with Crippen LogP contribution in [-0.2, 0) is 11.3 Å². The molecule has 0 bridgehead atoms. The molecule has 158 valence electrons. The van der Waals surface area contributed by atoms with Crippen LogP contribution in [0.5, 0.6) is 11.5 Å². The van der Waals surface area contributed by atoms with Crippen LogP contribution in [0.1, 0.15) is 43.4 Å². The maximum absolute atomic E-state index is 12.7. The number of aromatic nitrogens is 1. The number of methoxy groups -OCH3 is 2. The Morgan fingerprint density at radius 2 is 1.70 bits per heavy atom. The van der Waals surface area contributed by atoms with E-state index in [-0.39, 0.29) is 18.0 Å². The summed E-state index contributed by atoms with van der Waals surface area (Å²) in [6.07, 6.45) is 1.62. The van der Waals surface area contributed by atoms with Gasteiger partial charge in [0.05, 0.1) is 32.6 Å². The minimum absolute atomic E-state index is 0.255. The van der Waals surface area contributed by atoms with Crippen LogP contribution in [0.4, 0.5) is 0 Å². The fourth-order valence-electron chi connectivity index (χ4n) is 3.38. The fraction of sp³-hybridized carbons (Fsp3) is 0.304. The first kappa shape index (κ1) is 21.2. The van der Waals surface area contributed by atoms with E-state index >= 15 is 0 Å². The van der Waals surface area contributed by atoms with Crippen LogP contribution in [0, 0.1) is 20.8 Å². The van der Waals surface area contributed by atoms with Crippen LogP contribution in [-0.4, -0.2) is 37.1 Å². The number of hydrogen-bond acceptors (Lipinski definition) is 6. The molecule has 0 aliphatic heterocycles. The molecule has 3 aromatic rings. The first-order valence-corrected chi connectivity index (χ1v) is 9.47. The van der Waals surface area contributed by atoms with E-state index in [1.165, 1.54) is 14.2 Å². The summed E-state index contributed by atoms with van der Waals surface area (Å²) in [6, 6.07) is 8.64. The molecule has 7 nitrogen and oxygen atoms in total. The summed E-state index contributed by atoms with van der Waals surface area (Å²) in [7, 11) is 3.03. The average molecular weight is 411 g/mol. The number of rotatable bonds is 8. The Morgan fingerprint density at radius 1 is 1.03 bits per heavy atom. The predicted octanol–water partition coefficient (Wildman–Crippen LogP) is 4.11. The molecule has 2 heterocycles. The van der Waals surface area contributed by atoms with E-state index in [4.69, 9.17) is 18.6 Å². The Morgan fingerprint density at radius 3 is 2.27 bits per heavy atom. The summed E-state index contributed by atoms with van der Waals surface area (Å²) in [5, 5.41) is 0. The molecule has 0 aliphatic carbocycles. The number of nitrogens with zero attached hydrogens (tertiary/aromatic N) is 1. The largest absolute Gasteiger partial charge is 0.496 e. The van der Waals surface area contributed by atoms with Crippen molar-refractivity contribution in [1.29, 1.82) is 0 Å². The lowest BCUT2D eigenvalue weighted by atomic mass is 10.1. The highest BCUT2D eigenvalue weighted by molar-refractivity contribution is 6.00. The van der Waals surface area contributed by atoms with Gasteiger partial charge >= 0.3 is 5.97 Å². The topological polar surface area (TPSA) is 79.9 Å². The Hall–Kier alpha value is -3.48. The van der Waals surface area contributed by atoms with Gasteiger partial charge in [-0.15, -0.1) is 0 Å². The molecule has 0 N–H and O–H groups in total. The maximum Gasteiger partial charge on any atom is 0.338 e. The molecule has 0 amide bonds. The lowest BCUT2D eigenvalue weighted by Crippen LogP contribution is -2.15. The second kappa shape index (κ2) is 8.90. The van der Waals surface area contributed by atoms with Crippen molar-refractivity contribution in [2.24, 2.45) is 0 Å². The van der Waals surface area contributed by atoms with Crippen molar-refractivity contribution in [3.8, 4) is 11.5 Å². The summed E-state index contributed by atoms with van der Waals surface area (Å²) in [6.45, 7) is 5.78. The summed E-state index contributed by atoms with van der Waals surface area (Å²) in [5.41, 5.74) is 3.27. The van der Waals surface area contributed by atoms with Gasteiger partial charge < -0.3 is 23.2 Å². The van der Waals surface area contributed by atoms with Crippen molar-refractivity contribution in [2.75, 3.05) is 20.8 Å². The van der Waals surface area contributed by atoms with Crippen molar-refractivity contribution in [1.82, 2.24) is 4.57 Å². The van der Waals surface area contributed by atoms with Crippen molar-refractivity contribution >= 4 is 11.8 Å². The van der Waals surface area contributed by atoms with Crippen molar-refractivity contribution in [2.45, 2.75) is 27.3 Å². The maximum atomic E-state index is 12.7. The van der Waals surface area contributed by atoms with Crippen LogP contribution < -0.4 is 9.47 Å². The number of benzene rings is 1. The second-order valence-corrected chi connectivity index (χ2v) is 6.96. The number of ketones is 1. The first-order valence-electron chi connectivity index (χ1n) is 9.47. The molecule has 0 unspecified atom stereocenters. The first-order chi connectivity index (χ1) is 14.3. The summed E-state index contributed by atoms with van der Waals surface area (Å²) >= 11 is 0. The van der Waals surface area contributed by atoms with E-state index in [0.29, 0.717) is 23.6 Å². The van der Waals surface area contributed by atoms with Crippen LogP contribution in [0.15, 0.2) is 41.0 Å². The molecule has 7 heteroatoms. The van der Waals surface area contributed by atoms with E-state index in [1.807, 2.05) is 37.5 Å². The molecule has 30 heavy (non-hydrogen) atoms. The SMILES string of the molecule is COc1cc(C(=O)OCC(=O)c2cc(C)n(Cc3ccco3)c2C)cc(OC)c1C. The zero-order valence-corrected chi connectivity index (χ0v) is 17.8. The molecule has 1 aromatic carbocycles. The molecular weight excluding hydrogens is 386 g/mol. The fourth-order valence-corrected chi connectivity index (χ4v) is 3.38. The number of esters is 1. The smallest absolute Gasteiger partial charge is 0.338 e. The third-order valence-corrected chi connectivity index (χ3v) is 5.09. The molecule has 0 atom stereocenters. The van der Waals surface area contributed by atoms with Gasteiger partial charge in [0.15, 0.2) is 6.61 Å². The van der Waals surface area contributed by atoms with Gasteiger partial charge in [-0.1, -0.05) is 0 Å². The Balaban J connectivity index is 1.72. The molecule has 3 rings (SSSR count). The van der Waals surface area contributed by atoms with Crippen molar-refractivity contribution < 1.29 is 28.2 Å². The van der Waals surface area contributed by atoms with Gasteiger partial charge in [-0.3, -0.25) is 4.79 Å². The Labute approximate surface area is 175 Å². The van der Waals surface area contributed by atoms with Crippen molar-refractivity contribution in [3.05, 3.63) is 70.4 Å². The lowest BCUT2D eigenvalue weighted by Gasteiger charge is -2.12. The molecule has 0 spiro atoms. The van der Waals surface area contributed by atoms with E-state index in [1.54, 1.807) is 24.5 Å². The number of carbonyl (C=O) groups is 2. The normalized spacial score (nSPS) is 10.7. The quantitative estimate of drug-likeness (QED) is 0.410. The number of hydrogen-bond donors (Lipinski definition) is 0. The minimum Gasteiger partial charge on any atom is -0.496 e. The van der Waals surface area contributed by atoms with Crippen LogP contribution in [0.25, 0.3) is 0 Å².